The van der Waals surface area contributed by atoms with Gasteiger partial charge in [0.15, 0.2) is 5.11 Å². The molecule has 0 aromatic heterocycles. The van der Waals surface area contributed by atoms with Crippen molar-refractivity contribution in [2.75, 3.05) is 13.7 Å². The molecule has 0 heterocycles. The van der Waals surface area contributed by atoms with Gasteiger partial charge in [-0.2, -0.15) is 0 Å². The standard InChI is InChI=1S/C15H21ClN4O4S2/c1-9(8-24-2)17-15(25)19-18-14(21)10-3-6-12(16)13(7-10)26(22,23)20-11-4-5-11/h3,6-7,9,11,20H,4-5,8H2,1-2H3,(H,18,21)(H2,17,19,25)/t9-/m0/s1. The van der Waals surface area contributed by atoms with Crippen LogP contribution in [0.3, 0.4) is 0 Å². The maximum atomic E-state index is 12.3. The van der Waals surface area contributed by atoms with Gasteiger partial charge in [-0.05, 0) is 50.2 Å². The number of carbonyl (C=O) groups excluding carboxylic acids is 1. The highest BCUT2D eigenvalue weighted by Crippen LogP contribution is 2.26. The summed E-state index contributed by atoms with van der Waals surface area (Å²) in [5.41, 5.74) is 5.09. The number of hydrazine groups is 1. The van der Waals surface area contributed by atoms with Crippen molar-refractivity contribution < 1.29 is 17.9 Å². The van der Waals surface area contributed by atoms with E-state index in [1.165, 1.54) is 18.2 Å². The first-order valence-corrected chi connectivity index (χ1v) is 10.2. The molecule has 1 atom stereocenters. The van der Waals surface area contributed by atoms with E-state index in [0.717, 1.165) is 12.8 Å². The van der Waals surface area contributed by atoms with Crippen LogP contribution in [0.2, 0.25) is 5.02 Å². The monoisotopic (exact) mass is 420 g/mol. The maximum absolute atomic E-state index is 12.3. The first-order chi connectivity index (χ1) is 12.2. The number of ether oxygens (including phenoxy) is 1. The van der Waals surface area contributed by atoms with Gasteiger partial charge >= 0.3 is 0 Å². The summed E-state index contributed by atoms with van der Waals surface area (Å²) in [6.45, 7) is 2.31. The summed E-state index contributed by atoms with van der Waals surface area (Å²) in [6.07, 6.45) is 1.60. The van der Waals surface area contributed by atoms with E-state index in [1.54, 1.807) is 7.11 Å². The summed E-state index contributed by atoms with van der Waals surface area (Å²) >= 11 is 11.0. The van der Waals surface area contributed by atoms with Gasteiger partial charge in [0, 0.05) is 24.8 Å². The Hall–Kier alpha value is -1.46. The molecule has 0 bridgehead atoms. The number of rotatable bonds is 7. The zero-order valence-corrected chi connectivity index (χ0v) is 16.7. The molecule has 1 saturated carbocycles. The predicted molar refractivity (Wildman–Crippen MR) is 102 cm³/mol. The summed E-state index contributed by atoms with van der Waals surface area (Å²) in [6, 6.07) is 3.92. The smallest absolute Gasteiger partial charge is 0.269 e. The van der Waals surface area contributed by atoms with Crippen molar-refractivity contribution in [2.45, 2.75) is 36.7 Å². The first kappa shape index (κ1) is 20.8. The SMILES string of the molecule is COC[C@H](C)NC(=S)NNC(=O)c1ccc(Cl)c(S(=O)(=O)NC2CC2)c1. The fourth-order valence-electron chi connectivity index (χ4n) is 2.07. The average Bonchev–Trinajstić information content (AvgIpc) is 3.36. The summed E-state index contributed by atoms with van der Waals surface area (Å²) in [4.78, 5) is 12.1. The van der Waals surface area contributed by atoms with E-state index in [-0.39, 0.29) is 32.7 Å². The number of carbonyl (C=O) groups is 1. The van der Waals surface area contributed by atoms with Crippen LogP contribution in [0.15, 0.2) is 23.1 Å². The predicted octanol–water partition coefficient (Wildman–Crippen LogP) is 0.925. The normalized spacial score (nSPS) is 15.2. The molecule has 1 fully saturated rings. The molecular formula is C15H21ClN4O4S2. The van der Waals surface area contributed by atoms with Crippen molar-refractivity contribution >= 4 is 44.9 Å². The number of hydrogen-bond acceptors (Lipinski definition) is 5. The lowest BCUT2D eigenvalue weighted by Gasteiger charge is -2.16. The quantitative estimate of drug-likeness (QED) is 0.383. The van der Waals surface area contributed by atoms with Gasteiger partial charge in [-0.3, -0.25) is 15.6 Å². The Morgan fingerprint density at radius 1 is 1.38 bits per heavy atom. The minimum Gasteiger partial charge on any atom is -0.383 e. The number of amides is 1. The Labute approximate surface area is 163 Å². The van der Waals surface area contributed by atoms with Crippen molar-refractivity contribution in [3.8, 4) is 0 Å². The Morgan fingerprint density at radius 3 is 2.69 bits per heavy atom. The molecular weight excluding hydrogens is 400 g/mol. The fourth-order valence-corrected chi connectivity index (χ4v) is 4.15. The van der Waals surface area contributed by atoms with E-state index >= 15 is 0 Å². The zero-order valence-electron chi connectivity index (χ0n) is 14.3. The van der Waals surface area contributed by atoms with Crippen LogP contribution < -0.4 is 20.9 Å². The van der Waals surface area contributed by atoms with E-state index in [2.05, 4.69) is 20.9 Å². The lowest BCUT2D eigenvalue weighted by molar-refractivity contribution is 0.0943. The Bertz CT molecular complexity index is 784. The third kappa shape index (κ3) is 6.06. The molecule has 144 valence electrons. The highest BCUT2D eigenvalue weighted by atomic mass is 35.5. The molecule has 0 aliphatic heterocycles. The van der Waals surface area contributed by atoms with Gasteiger partial charge in [-0.25, -0.2) is 13.1 Å². The number of thiocarbonyl (C=S) groups is 1. The molecule has 2 rings (SSSR count). The first-order valence-electron chi connectivity index (χ1n) is 7.90. The molecule has 1 aliphatic rings. The van der Waals surface area contributed by atoms with Gasteiger partial charge in [0.2, 0.25) is 10.0 Å². The molecule has 1 amide bonds. The highest BCUT2D eigenvalue weighted by molar-refractivity contribution is 7.89. The number of benzene rings is 1. The molecule has 8 nitrogen and oxygen atoms in total. The van der Waals surface area contributed by atoms with E-state index < -0.39 is 15.9 Å². The molecule has 1 aromatic carbocycles. The van der Waals surface area contributed by atoms with Crippen molar-refractivity contribution in [1.29, 1.82) is 0 Å². The average molecular weight is 421 g/mol. The van der Waals surface area contributed by atoms with Crippen molar-refractivity contribution in [2.24, 2.45) is 0 Å². The number of methoxy groups -OCH3 is 1. The van der Waals surface area contributed by atoms with Gasteiger partial charge < -0.3 is 10.1 Å². The van der Waals surface area contributed by atoms with E-state index in [4.69, 9.17) is 28.6 Å². The van der Waals surface area contributed by atoms with Gasteiger partial charge in [0.1, 0.15) is 4.90 Å². The third-order valence-corrected chi connectivity index (χ3v) is 5.69. The second-order valence-corrected chi connectivity index (χ2v) is 8.45. The molecule has 0 spiro atoms. The Morgan fingerprint density at radius 2 is 2.08 bits per heavy atom. The number of hydrogen-bond donors (Lipinski definition) is 4. The second kappa shape index (κ2) is 8.96. The van der Waals surface area contributed by atoms with Crippen molar-refractivity contribution in [1.82, 2.24) is 20.9 Å². The van der Waals surface area contributed by atoms with E-state index in [0.29, 0.717) is 6.61 Å². The Kier molecular flexibility index (Phi) is 7.18. The lowest BCUT2D eigenvalue weighted by atomic mass is 10.2. The van der Waals surface area contributed by atoms with E-state index in [1.807, 2.05) is 6.92 Å². The number of nitrogens with one attached hydrogen (secondary N) is 4. The molecule has 11 heteroatoms. The van der Waals surface area contributed by atoms with Gasteiger partial charge in [0.05, 0.1) is 11.6 Å². The largest absolute Gasteiger partial charge is 0.383 e. The van der Waals surface area contributed by atoms with Gasteiger partial charge in [-0.15, -0.1) is 0 Å². The van der Waals surface area contributed by atoms with Crippen LogP contribution in [0.25, 0.3) is 0 Å². The molecule has 0 saturated heterocycles. The third-order valence-electron chi connectivity index (χ3n) is 3.47. The summed E-state index contributed by atoms with van der Waals surface area (Å²) in [7, 11) is -2.20. The number of sulfonamides is 1. The van der Waals surface area contributed by atoms with Crippen molar-refractivity contribution in [3.63, 3.8) is 0 Å². The summed E-state index contributed by atoms with van der Waals surface area (Å²) < 4.78 is 32.2. The van der Waals surface area contributed by atoms with Gasteiger partial charge in [-0.1, -0.05) is 11.6 Å². The molecule has 1 aliphatic carbocycles. The molecule has 4 N–H and O–H groups in total. The minimum absolute atomic E-state index is 0.0438. The molecule has 26 heavy (non-hydrogen) atoms. The summed E-state index contributed by atoms with van der Waals surface area (Å²) in [5, 5.41) is 3.17. The van der Waals surface area contributed by atoms with Crippen LogP contribution >= 0.6 is 23.8 Å². The minimum atomic E-state index is -3.77. The Balaban J connectivity index is 2.01. The number of halogens is 1. The van der Waals surface area contributed by atoms with Gasteiger partial charge in [0.25, 0.3) is 5.91 Å². The van der Waals surface area contributed by atoms with Crippen molar-refractivity contribution in [3.05, 3.63) is 28.8 Å². The maximum Gasteiger partial charge on any atom is 0.269 e. The van der Waals surface area contributed by atoms with Crippen LogP contribution in [-0.2, 0) is 14.8 Å². The highest BCUT2D eigenvalue weighted by Gasteiger charge is 2.29. The topological polar surface area (TPSA) is 109 Å². The lowest BCUT2D eigenvalue weighted by Crippen LogP contribution is -2.49. The second-order valence-electron chi connectivity index (χ2n) is 5.95. The van der Waals surface area contributed by atoms with Crippen LogP contribution in [0.5, 0.6) is 0 Å². The molecule has 0 unspecified atom stereocenters. The molecule has 1 aromatic rings. The van der Waals surface area contributed by atoms with Crippen LogP contribution in [0.4, 0.5) is 0 Å². The fraction of sp³-hybridized carbons (Fsp3) is 0.467. The van der Waals surface area contributed by atoms with E-state index in [9.17, 15) is 13.2 Å². The van der Waals surface area contributed by atoms with Crippen LogP contribution in [-0.4, -0.2) is 45.2 Å². The summed E-state index contributed by atoms with van der Waals surface area (Å²) in [5.74, 6) is -0.548. The van der Waals surface area contributed by atoms with Crippen LogP contribution in [0.1, 0.15) is 30.1 Å². The zero-order chi connectivity index (χ0) is 19.3. The van der Waals surface area contributed by atoms with Crippen LogP contribution in [0, 0.1) is 0 Å². The molecule has 0 radical (unpaired) electrons.